The van der Waals surface area contributed by atoms with Crippen LogP contribution in [-0.4, -0.2) is 15.3 Å². The monoisotopic (exact) mass is 193 g/mol. The Morgan fingerprint density at radius 1 is 1.45 bits per heavy atom. The first-order valence-electron chi connectivity index (χ1n) is 3.31. The van der Waals surface area contributed by atoms with Crippen LogP contribution in [0.3, 0.4) is 0 Å². The molecule has 0 unspecified atom stereocenters. The van der Waals surface area contributed by atoms with Gasteiger partial charge in [-0.15, -0.1) is 12.6 Å². The Morgan fingerprint density at radius 2 is 2.00 bits per heavy atom. The molecule has 0 aromatic rings. The second-order valence-corrected chi connectivity index (χ2v) is 3.47. The molecule has 0 aliphatic carbocycles. The topological polar surface area (TPSA) is 49.3 Å². The van der Waals surface area contributed by atoms with Crippen LogP contribution in [0.25, 0.3) is 0 Å². The van der Waals surface area contributed by atoms with Gasteiger partial charge >= 0.3 is 0 Å². The van der Waals surface area contributed by atoms with E-state index < -0.39 is 0 Å². The van der Waals surface area contributed by atoms with Crippen molar-refractivity contribution in [2.24, 2.45) is 0 Å². The standard InChI is InChI=1S/C6H11NO2S2/c8-5(7-9)3-1-2-4-6(10)11/h9H,1-4H2,(H,7,8)(H,10,11). The van der Waals surface area contributed by atoms with Crippen LogP contribution >= 0.6 is 24.8 Å². The fourth-order valence-electron chi connectivity index (χ4n) is 0.618. The van der Waals surface area contributed by atoms with Gasteiger partial charge in [0.15, 0.2) is 0 Å². The van der Waals surface area contributed by atoms with Gasteiger partial charge in [0.2, 0.25) is 5.91 Å². The van der Waals surface area contributed by atoms with Gasteiger partial charge in [-0.05, 0) is 19.3 Å². The van der Waals surface area contributed by atoms with Gasteiger partial charge in [-0.25, -0.2) is 5.48 Å². The number of hydrogen-bond acceptors (Lipinski definition) is 3. The van der Waals surface area contributed by atoms with E-state index in [1.807, 2.05) is 0 Å². The molecule has 0 spiro atoms. The van der Waals surface area contributed by atoms with E-state index in [1.165, 1.54) is 0 Å². The van der Waals surface area contributed by atoms with Crippen LogP contribution in [0, 0.1) is 0 Å². The molecule has 1 amide bonds. The summed E-state index contributed by atoms with van der Waals surface area (Å²) < 4.78 is 0.661. The van der Waals surface area contributed by atoms with Crippen molar-refractivity contribution in [1.29, 1.82) is 0 Å². The Balaban J connectivity index is 3.14. The van der Waals surface area contributed by atoms with Crippen LogP contribution < -0.4 is 5.48 Å². The number of carbonyl (C=O) groups is 1. The van der Waals surface area contributed by atoms with E-state index in [-0.39, 0.29) is 5.91 Å². The quantitative estimate of drug-likeness (QED) is 0.203. The predicted molar refractivity (Wildman–Crippen MR) is 50.0 cm³/mol. The van der Waals surface area contributed by atoms with E-state index in [0.29, 0.717) is 10.6 Å². The lowest BCUT2D eigenvalue weighted by Crippen LogP contribution is -2.17. The summed E-state index contributed by atoms with van der Waals surface area (Å²) >= 11 is 8.64. The van der Waals surface area contributed by atoms with Crippen LogP contribution in [-0.2, 0) is 4.79 Å². The highest BCUT2D eigenvalue weighted by Gasteiger charge is 1.98. The van der Waals surface area contributed by atoms with Crippen LogP contribution in [0.5, 0.6) is 0 Å². The first-order chi connectivity index (χ1) is 5.16. The van der Waals surface area contributed by atoms with Crippen LogP contribution in [0.2, 0.25) is 0 Å². The average molecular weight is 193 g/mol. The summed E-state index contributed by atoms with van der Waals surface area (Å²) in [4.78, 5) is 10.4. The number of rotatable bonds is 5. The molecule has 0 aromatic carbocycles. The number of unbranched alkanes of at least 4 members (excludes halogenated alkanes) is 1. The van der Waals surface area contributed by atoms with E-state index in [4.69, 9.17) is 17.4 Å². The molecule has 0 rings (SSSR count). The molecule has 0 fully saturated rings. The second kappa shape index (κ2) is 6.57. The molecule has 0 aromatic heterocycles. The lowest BCUT2D eigenvalue weighted by atomic mass is 10.2. The molecule has 2 N–H and O–H groups in total. The highest BCUT2D eigenvalue weighted by atomic mass is 32.1. The minimum Gasteiger partial charge on any atom is -0.289 e. The maximum Gasteiger partial charge on any atom is 0.243 e. The first kappa shape index (κ1) is 10.9. The van der Waals surface area contributed by atoms with Crippen molar-refractivity contribution >= 4 is 35.0 Å². The first-order valence-corrected chi connectivity index (χ1v) is 4.17. The number of thiol groups is 1. The van der Waals surface area contributed by atoms with Gasteiger partial charge in [0.05, 0.1) is 0 Å². The zero-order valence-corrected chi connectivity index (χ0v) is 7.75. The zero-order chi connectivity index (χ0) is 8.69. The average Bonchev–Trinajstić information content (AvgIpc) is 1.97. The minimum absolute atomic E-state index is 0.340. The van der Waals surface area contributed by atoms with Gasteiger partial charge in [-0.3, -0.25) is 10.0 Å². The van der Waals surface area contributed by atoms with Crippen molar-refractivity contribution in [2.45, 2.75) is 25.7 Å². The van der Waals surface area contributed by atoms with Crippen molar-refractivity contribution < 1.29 is 10.0 Å². The van der Waals surface area contributed by atoms with E-state index >= 15 is 0 Å². The number of amides is 1. The van der Waals surface area contributed by atoms with E-state index in [9.17, 15) is 4.79 Å². The third kappa shape index (κ3) is 7.77. The highest BCUT2D eigenvalue weighted by Crippen LogP contribution is 2.03. The summed E-state index contributed by atoms with van der Waals surface area (Å²) in [5.74, 6) is -0.352. The molecule has 0 aliphatic heterocycles. The molecule has 0 heterocycles. The summed E-state index contributed by atoms with van der Waals surface area (Å²) in [6.07, 6.45) is 2.66. The zero-order valence-electron chi connectivity index (χ0n) is 6.04. The number of thiocarbonyl (C=S) groups is 1. The van der Waals surface area contributed by atoms with Crippen molar-refractivity contribution in [3.8, 4) is 0 Å². The van der Waals surface area contributed by atoms with Crippen molar-refractivity contribution in [1.82, 2.24) is 5.48 Å². The molecule has 64 valence electrons. The summed E-state index contributed by atoms with van der Waals surface area (Å²) in [6.45, 7) is 0. The van der Waals surface area contributed by atoms with Crippen molar-refractivity contribution in [2.75, 3.05) is 0 Å². The summed E-state index contributed by atoms with van der Waals surface area (Å²) in [6, 6.07) is 0. The third-order valence-corrected chi connectivity index (χ3v) is 1.60. The van der Waals surface area contributed by atoms with Crippen molar-refractivity contribution in [3.63, 3.8) is 0 Å². The molecule has 5 heteroatoms. The Kier molecular flexibility index (Phi) is 6.49. The Labute approximate surface area is 76.5 Å². The lowest BCUT2D eigenvalue weighted by molar-refractivity contribution is -0.129. The third-order valence-electron chi connectivity index (χ3n) is 1.17. The Morgan fingerprint density at radius 3 is 2.45 bits per heavy atom. The molecule has 0 atom stereocenters. The molecule has 0 saturated heterocycles. The van der Waals surface area contributed by atoms with Crippen LogP contribution in [0.1, 0.15) is 25.7 Å². The highest BCUT2D eigenvalue weighted by molar-refractivity contribution is 8.11. The molecule has 0 saturated carbocycles. The summed E-state index contributed by atoms with van der Waals surface area (Å²) in [7, 11) is 0. The minimum atomic E-state index is -0.352. The SMILES string of the molecule is O=C(CCCCC(=S)S)NO. The number of nitrogens with one attached hydrogen (secondary N) is 1. The van der Waals surface area contributed by atoms with Crippen LogP contribution in [0.15, 0.2) is 0 Å². The largest absolute Gasteiger partial charge is 0.289 e. The van der Waals surface area contributed by atoms with Gasteiger partial charge in [0.25, 0.3) is 0 Å². The maximum atomic E-state index is 10.4. The lowest BCUT2D eigenvalue weighted by Gasteiger charge is -1.97. The molecular weight excluding hydrogens is 182 g/mol. The van der Waals surface area contributed by atoms with Crippen LogP contribution in [0.4, 0.5) is 0 Å². The smallest absolute Gasteiger partial charge is 0.243 e. The Hall–Kier alpha value is -0.130. The van der Waals surface area contributed by atoms with Gasteiger partial charge in [0, 0.05) is 10.6 Å². The van der Waals surface area contributed by atoms with Crippen molar-refractivity contribution in [3.05, 3.63) is 0 Å². The molecule has 11 heavy (non-hydrogen) atoms. The van der Waals surface area contributed by atoms with E-state index in [2.05, 4.69) is 12.6 Å². The normalized spacial score (nSPS) is 9.27. The molecule has 0 bridgehead atoms. The molecule has 0 radical (unpaired) electrons. The summed E-state index contributed by atoms with van der Waals surface area (Å²) in [5, 5.41) is 8.10. The maximum absolute atomic E-state index is 10.4. The van der Waals surface area contributed by atoms with Gasteiger partial charge in [-0.1, -0.05) is 12.2 Å². The second-order valence-electron chi connectivity index (χ2n) is 2.14. The fourth-order valence-corrected chi connectivity index (χ4v) is 0.920. The van der Waals surface area contributed by atoms with Gasteiger partial charge in [-0.2, -0.15) is 0 Å². The van der Waals surface area contributed by atoms with Gasteiger partial charge < -0.3 is 0 Å². The fraction of sp³-hybridized carbons (Fsp3) is 0.667. The van der Waals surface area contributed by atoms with E-state index in [1.54, 1.807) is 5.48 Å². The molecule has 0 aliphatic rings. The number of carbonyl (C=O) groups excluding carboxylic acids is 1. The number of hydrogen-bond donors (Lipinski definition) is 3. The van der Waals surface area contributed by atoms with E-state index in [0.717, 1.165) is 19.3 Å². The van der Waals surface area contributed by atoms with Gasteiger partial charge in [0.1, 0.15) is 0 Å². The molecule has 3 nitrogen and oxygen atoms in total. The number of hydroxylamine groups is 1. The molecular formula is C6H11NO2S2. The summed E-state index contributed by atoms with van der Waals surface area (Å²) in [5.41, 5.74) is 1.56. The predicted octanol–water partition coefficient (Wildman–Crippen LogP) is 1.31. The Bertz CT molecular complexity index is 150.